The number of carbonyl (C=O) groups excluding carboxylic acids is 13. The summed E-state index contributed by atoms with van der Waals surface area (Å²) in [5, 5.41) is 28.0. The molecule has 3 rings (SSSR count). The molecule has 0 saturated carbocycles. The van der Waals surface area contributed by atoms with Gasteiger partial charge in [-0.15, -0.1) is 0 Å². The summed E-state index contributed by atoms with van der Waals surface area (Å²) in [5.74, 6) is -12.5. The number of aromatic nitrogens is 1. The minimum Gasteiger partial charge on any atom is -0.370 e. The third-order valence-corrected chi connectivity index (χ3v) is 16.7. The molecular formula is C66H108N18O13. The minimum atomic E-state index is -1.87. The van der Waals surface area contributed by atoms with Crippen LogP contribution in [-0.2, 0) is 68.7 Å². The van der Waals surface area contributed by atoms with Gasteiger partial charge in [-0.2, -0.15) is 0 Å². The van der Waals surface area contributed by atoms with E-state index >= 15 is 4.79 Å². The van der Waals surface area contributed by atoms with Crippen LogP contribution in [0.3, 0.4) is 0 Å². The van der Waals surface area contributed by atoms with Crippen molar-refractivity contribution in [3.05, 3.63) is 48.2 Å². The fourth-order valence-electron chi connectivity index (χ4n) is 11.1. The maximum Gasteiger partial charge on any atom is 0.246 e. The number of nitrogens with zero attached hydrogens (tertiary/aromatic N) is 1. The van der Waals surface area contributed by atoms with E-state index in [9.17, 15) is 57.5 Å². The molecule has 2 aromatic rings. The van der Waals surface area contributed by atoms with Gasteiger partial charge in [-0.05, 0) is 127 Å². The van der Waals surface area contributed by atoms with Gasteiger partial charge in [0.15, 0.2) is 5.96 Å². The second-order valence-corrected chi connectivity index (χ2v) is 26.8. The molecule has 1 aliphatic heterocycles. The Morgan fingerprint density at radius 2 is 1.11 bits per heavy atom. The third kappa shape index (κ3) is 29.0. The second kappa shape index (κ2) is 40.4. The van der Waals surface area contributed by atoms with Crippen molar-refractivity contribution in [2.75, 3.05) is 13.6 Å². The van der Waals surface area contributed by atoms with Gasteiger partial charge >= 0.3 is 0 Å². The third-order valence-electron chi connectivity index (χ3n) is 16.7. The number of likely N-dealkylation sites (N-methyl/N-ethyl adjacent to an activating group) is 1. The van der Waals surface area contributed by atoms with Crippen molar-refractivity contribution < 1.29 is 62.3 Å². The first kappa shape index (κ1) is 82.1. The number of primary amides is 4. The standard InChI is InChI=1S/C66H108N18O13/c1-37(2)30-46-57(91)80-48(32-39(5)6)61(95)84-66(8,63(97)82-44(25-26-51(67)85)56(90)77-45(54(70)88)34-52(68)86)28-20-16-14-12-10-11-13-15-19-27-65(7,73-9)62(96)83-50(35-53(69)87)60(94)79-47(31-38(3)4)58(92)81-49(33-40-36-75-42-23-18-17-22-41(40)42)59(93)76-43(55(89)78-46)24-21-29-74-64(71)72/h12,14,17-18,22-23,36-39,43-50,73,75H,10-11,13,15-16,19-21,24-35H2,1-9H3,(H2,67,85)(H2,68,86)(H2,69,87)(H2,70,88)(H,76,93)(H,77,90)(H,78,89)(H,79,94)(H,80,91)(H,81,92)(H,82,97)(H,83,96)(H,84,95)(H4,71,72,74)/t43-,44-,45-,46-,47-,48-,49-,50-,65+,66-/m0/s1. The number of benzene rings is 1. The number of allylic oxidation sites excluding steroid dienone is 2. The van der Waals surface area contributed by atoms with Gasteiger partial charge in [0.05, 0.1) is 18.4 Å². The SMILES string of the molecule is CN[C@]1(C)CCCCCCC=CCCC[C@@](C)(C(=O)N[C@@H](CCC(N)=O)C(=O)N[C@@H](CC(N)=O)C(N)=O)NC(=O)[C@H](CC(C)C)NC(=O)[C@H](CC(C)C)NC(=O)[C@H](CCCN=C(N)N)NC(=O)[C@H](Cc2c[nH]c3ccccc23)NC(=O)[C@H](CC(C)C)NC(=O)[C@H](CC(N)=O)NC1=O. The lowest BCUT2D eigenvalue weighted by atomic mass is 9.91. The highest BCUT2D eigenvalue weighted by Gasteiger charge is 2.41. The average molecular weight is 1360 g/mol. The normalized spacial score (nSPS) is 23.6. The zero-order chi connectivity index (χ0) is 72.7. The van der Waals surface area contributed by atoms with E-state index in [0.717, 1.165) is 12.8 Å². The zero-order valence-electron chi connectivity index (χ0n) is 57.8. The maximum absolute atomic E-state index is 15.1. The molecule has 13 amide bonds. The molecule has 0 radical (unpaired) electrons. The van der Waals surface area contributed by atoms with E-state index in [1.165, 1.54) is 6.92 Å². The van der Waals surface area contributed by atoms with Crippen LogP contribution in [-0.4, -0.2) is 161 Å². The number of aromatic amines is 1. The van der Waals surface area contributed by atoms with E-state index < -0.39 is 155 Å². The molecule has 10 atom stereocenters. The monoisotopic (exact) mass is 1360 g/mol. The summed E-state index contributed by atoms with van der Waals surface area (Å²) in [4.78, 5) is 187. The van der Waals surface area contributed by atoms with Gasteiger partial charge in [0.2, 0.25) is 76.8 Å². The van der Waals surface area contributed by atoms with E-state index in [1.54, 1.807) is 73.8 Å². The predicted molar refractivity (Wildman–Crippen MR) is 366 cm³/mol. The van der Waals surface area contributed by atoms with Gasteiger partial charge in [0, 0.05) is 36.5 Å². The van der Waals surface area contributed by atoms with Gasteiger partial charge in [0.25, 0.3) is 0 Å². The van der Waals surface area contributed by atoms with E-state index in [-0.39, 0.29) is 88.0 Å². The Bertz CT molecular complexity index is 3110. The predicted octanol–water partition coefficient (Wildman–Crippen LogP) is -0.784. The van der Waals surface area contributed by atoms with Crippen LogP contribution >= 0.6 is 0 Å². The molecule has 23 N–H and O–H groups in total. The first-order valence-electron chi connectivity index (χ1n) is 33.4. The second-order valence-electron chi connectivity index (χ2n) is 26.8. The molecule has 0 bridgehead atoms. The summed E-state index contributed by atoms with van der Waals surface area (Å²) in [6, 6.07) is -4.46. The highest BCUT2D eigenvalue weighted by molar-refractivity contribution is 6.01. The number of amides is 13. The first-order chi connectivity index (χ1) is 45.6. The van der Waals surface area contributed by atoms with Gasteiger partial charge in [-0.25, -0.2) is 0 Å². The first-order valence-corrected chi connectivity index (χ1v) is 33.4. The van der Waals surface area contributed by atoms with Gasteiger partial charge in [-0.1, -0.05) is 91.2 Å². The molecule has 1 aromatic heterocycles. The number of nitrogens with one attached hydrogen (secondary N) is 11. The van der Waals surface area contributed by atoms with E-state index in [1.807, 2.05) is 24.3 Å². The molecule has 0 unspecified atom stereocenters. The molecule has 31 heteroatoms. The van der Waals surface area contributed by atoms with Crippen LogP contribution in [0.25, 0.3) is 10.9 Å². The Labute approximate surface area is 567 Å². The number of guanidine groups is 1. The topological polar surface area (TPSA) is 526 Å². The number of rotatable bonds is 25. The molecule has 0 aliphatic carbocycles. The zero-order valence-corrected chi connectivity index (χ0v) is 57.8. The lowest BCUT2D eigenvalue weighted by Gasteiger charge is -2.34. The van der Waals surface area contributed by atoms with Crippen molar-refractivity contribution in [3.8, 4) is 0 Å². The molecular weight excluding hydrogens is 1250 g/mol. The van der Waals surface area contributed by atoms with Crippen molar-refractivity contribution >= 4 is 93.7 Å². The summed E-state index contributed by atoms with van der Waals surface area (Å²) in [5.41, 5.74) is 31.4. The summed E-state index contributed by atoms with van der Waals surface area (Å²) < 4.78 is 0. The van der Waals surface area contributed by atoms with Crippen LogP contribution in [0.1, 0.15) is 177 Å². The van der Waals surface area contributed by atoms with Crippen molar-refractivity contribution in [3.63, 3.8) is 0 Å². The lowest BCUT2D eigenvalue weighted by Crippen LogP contribution is -2.64. The molecule has 540 valence electrons. The van der Waals surface area contributed by atoms with Gasteiger partial charge < -0.3 is 92.6 Å². The summed E-state index contributed by atoms with van der Waals surface area (Å²) >= 11 is 0. The molecule has 1 aromatic carbocycles. The molecule has 0 spiro atoms. The summed E-state index contributed by atoms with van der Waals surface area (Å²) in [6.07, 6.45) is 7.65. The average Bonchev–Trinajstić information content (AvgIpc) is 1.82. The van der Waals surface area contributed by atoms with Crippen LogP contribution in [0.5, 0.6) is 0 Å². The number of nitrogens with two attached hydrogens (primary N) is 6. The van der Waals surface area contributed by atoms with E-state index in [0.29, 0.717) is 48.6 Å². The summed E-state index contributed by atoms with van der Waals surface area (Å²) in [6.45, 7) is 13.8. The van der Waals surface area contributed by atoms with Crippen molar-refractivity contribution in [2.24, 2.45) is 57.1 Å². The Hall–Kier alpha value is -9.16. The van der Waals surface area contributed by atoms with Crippen LogP contribution in [0.15, 0.2) is 47.6 Å². The Morgan fingerprint density at radius 1 is 0.588 bits per heavy atom. The molecule has 2 heterocycles. The Balaban J connectivity index is 2.25. The molecule has 0 saturated heterocycles. The molecule has 97 heavy (non-hydrogen) atoms. The number of hydrogen-bond donors (Lipinski definition) is 17. The van der Waals surface area contributed by atoms with E-state index in [4.69, 9.17) is 34.4 Å². The fraction of sp³-hybridized carbons (Fsp3) is 0.636. The largest absolute Gasteiger partial charge is 0.370 e. The number of aliphatic imine (C=N–C) groups is 1. The lowest BCUT2D eigenvalue weighted by molar-refractivity contribution is -0.138. The number of H-pyrrole nitrogens is 1. The number of fused-ring (bicyclic) bond motifs is 1. The highest BCUT2D eigenvalue weighted by Crippen LogP contribution is 2.23. The van der Waals surface area contributed by atoms with Crippen molar-refractivity contribution in [1.29, 1.82) is 0 Å². The highest BCUT2D eigenvalue weighted by atomic mass is 16.2. The van der Waals surface area contributed by atoms with Crippen LogP contribution < -0.4 is 87.6 Å². The fourth-order valence-corrected chi connectivity index (χ4v) is 11.1. The Kier molecular flexibility index (Phi) is 34.2. The smallest absolute Gasteiger partial charge is 0.246 e. The van der Waals surface area contributed by atoms with Crippen LogP contribution in [0, 0.1) is 17.8 Å². The van der Waals surface area contributed by atoms with Crippen LogP contribution in [0.2, 0.25) is 0 Å². The Morgan fingerprint density at radius 3 is 1.66 bits per heavy atom. The molecule has 0 fully saturated rings. The molecule has 31 nitrogen and oxygen atoms in total. The van der Waals surface area contributed by atoms with Gasteiger partial charge in [0.1, 0.15) is 53.9 Å². The summed E-state index contributed by atoms with van der Waals surface area (Å²) in [7, 11) is 1.59. The number of para-hydroxylation sites is 1. The quantitative estimate of drug-likeness (QED) is 0.0251. The van der Waals surface area contributed by atoms with Crippen molar-refractivity contribution in [1.82, 2.24) is 58.2 Å². The van der Waals surface area contributed by atoms with Crippen molar-refractivity contribution in [2.45, 2.75) is 237 Å². The van der Waals surface area contributed by atoms with Crippen LogP contribution in [0.4, 0.5) is 0 Å². The maximum atomic E-state index is 15.1. The minimum absolute atomic E-state index is 0.00168. The van der Waals surface area contributed by atoms with Gasteiger partial charge in [-0.3, -0.25) is 67.3 Å². The van der Waals surface area contributed by atoms with E-state index in [2.05, 4.69) is 63.1 Å². The number of hydrogen-bond acceptors (Lipinski definition) is 15. The number of carbonyl (C=O) groups is 13. The molecule has 1 aliphatic rings.